The molecule has 0 saturated heterocycles. The molecule has 90 valence electrons. The standard InChI is InChI=1S/C13H15NO2S/c1-4-16-11-7-5-10(6-8-11)12-14-9(2)13(15-3)17-12/h5-8H,4H2,1-3H3. The third kappa shape index (κ3) is 2.58. The molecule has 4 heteroatoms. The Hall–Kier alpha value is -1.55. The van der Waals surface area contributed by atoms with Crippen molar-refractivity contribution in [2.24, 2.45) is 0 Å². The van der Waals surface area contributed by atoms with Gasteiger partial charge in [-0.3, -0.25) is 0 Å². The summed E-state index contributed by atoms with van der Waals surface area (Å²) >= 11 is 1.56. The van der Waals surface area contributed by atoms with E-state index in [1.165, 1.54) is 0 Å². The van der Waals surface area contributed by atoms with E-state index in [-0.39, 0.29) is 0 Å². The number of nitrogens with zero attached hydrogens (tertiary/aromatic N) is 1. The molecule has 2 rings (SSSR count). The predicted octanol–water partition coefficient (Wildman–Crippen LogP) is 3.53. The van der Waals surface area contributed by atoms with Crippen molar-refractivity contribution in [1.29, 1.82) is 0 Å². The normalized spacial score (nSPS) is 10.3. The van der Waals surface area contributed by atoms with Gasteiger partial charge in [0.1, 0.15) is 10.8 Å². The highest BCUT2D eigenvalue weighted by atomic mass is 32.1. The largest absolute Gasteiger partial charge is 0.494 e. The maximum absolute atomic E-state index is 5.41. The predicted molar refractivity (Wildman–Crippen MR) is 70.0 cm³/mol. The van der Waals surface area contributed by atoms with E-state index in [4.69, 9.17) is 9.47 Å². The highest BCUT2D eigenvalue weighted by molar-refractivity contribution is 7.17. The molecule has 1 aromatic carbocycles. The van der Waals surface area contributed by atoms with Crippen LogP contribution in [-0.4, -0.2) is 18.7 Å². The van der Waals surface area contributed by atoms with E-state index in [0.717, 1.165) is 27.1 Å². The van der Waals surface area contributed by atoms with E-state index in [1.54, 1.807) is 18.4 Å². The summed E-state index contributed by atoms with van der Waals surface area (Å²) in [6.45, 7) is 4.61. The number of thiazole rings is 1. The molecular formula is C13H15NO2S. The number of ether oxygens (including phenoxy) is 2. The van der Waals surface area contributed by atoms with Gasteiger partial charge in [0.25, 0.3) is 0 Å². The molecule has 2 aromatic rings. The Morgan fingerprint density at radius 3 is 2.47 bits per heavy atom. The molecular weight excluding hydrogens is 234 g/mol. The average molecular weight is 249 g/mol. The maximum Gasteiger partial charge on any atom is 0.197 e. The minimum atomic E-state index is 0.684. The zero-order valence-corrected chi connectivity index (χ0v) is 11.0. The van der Waals surface area contributed by atoms with E-state index in [1.807, 2.05) is 38.1 Å². The molecule has 0 aliphatic carbocycles. The van der Waals surface area contributed by atoms with Crippen LogP contribution in [-0.2, 0) is 0 Å². The summed E-state index contributed by atoms with van der Waals surface area (Å²) in [6.07, 6.45) is 0. The Balaban J connectivity index is 2.26. The van der Waals surface area contributed by atoms with E-state index < -0.39 is 0 Å². The van der Waals surface area contributed by atoms with Crippen molar-refractivity contribution >= 4 is 11.3 Å². The Kier molecular flexibility index (Phi) is 3.64. The SMILES string of the molecule is CCOc1ccc(-c2nc(C)c(OC)s2)cc1. The fourth-order valence-electron chi connectivity index (χ4n) is 1.56. The molecule has 0 amide bonds. The van der Waals surface area contributed by atoms with Gasteiger partial charge in [-0.25, -0.2) is 4.98 Å². The number of benzene rings is 1. The van der Waals surface area contributed by atoms with Crippen LogP contribution in [0.1, 0.15) is 12.6 Å². The Bertz CT molecular complexity index is 491. The van der Waals surface area contributed by atoms with Gasteiger partial charge in [-0.1, -0.05) is 11.3 Å². The van der Waals surface area contributed by atoms with Crippen molar-refractivity contribution in [2.45, 2.75) is 13.8 Å². The van der Waals surface area contributed by atoms with E-state index in [0.29, 0.717) is 6.61 Å². The van der Waals surface area contributed by atoms with Crippen molar-refractivity contribution in [2.75, 3.05) is 13.7 Å². The molecule has 0 spiro atoms. The monoisotopic (exact) mass is 249 g/mol. The minimum Gasteiger partial charge on any atom is -0.494 e. The van der Waals surface area contributed by atoms with Crippen LogP contribution in [0.4, 0.5) is 0 Å². The molecule has 0 atom stereocenters. The van der Waals surface area contributed by atoms with Crippen molar-refractivity contribution in [3.8, 4) is 21.4 Å². The summed E-state index contributed by atoms with van der Waals surface area (Å²) < 4.78 is 10.6. The van der Waals surface area contributed by atoms with Crippen LogP contribution >= 0.6 is 11.3 Å². The highest BCUT2D eigenvalue weighted by Crippen LogP contribution is 2.33. The molecule has 1 aromatic heterocycles. The van der Waals surface area contributed by atoms with Gasteiger partial charge in [0, 0.05) is 5.56 Å². The van der Waals surface area contributed by atoms with Gasteiger partial charge in [0.2, 0.25) is 0 Å². The van der Waals surface area contributed by atoms with Gasteiger partial charge in [-0.05, 0) is 38.1 Å². The van der Waals surface area contributed by atoms with Gasteiger partial charge in [-0.2, -0.15) is 0 Å². The molecule has 0 aliphatic rings. The first-order valence-electron chi connectivity index (χ1n) is 5.49. The molecule has 0 bridgehead atoms. The summed E-state index contributed by atoms with van der Waals surface area (Å²) in [5.41, 5.74) is 2.02. The quantitative estimate of drug-likeness (QED) is 0.830. The van der Waals surface area contributed by atoms with Gasteiger partial charge >= 0.3 is 0 Å². The summed E-state index contributed by atoms with van der Waals surface area (Å²) in [7, 11) is 1.67. The zero-order valence-electron chi connectivity index (χ0n) is 10.2. The topological polar surface area (TPSA) is 31.4 Å². The van der Waals surface area contributed by atoms with Crippen molar-refractivity contribution < 1.29 is 9.47 Å². The van der Waals surface area contributed by atoms with Gasteiger partial charge in [0.15, 0.2) is 5.06 Å². The number of methoxy groups -OCH3 is 1. The van der Waals surface area contributed by atoms with E-state index in [2.05, 4.69) is 4.98 Å². The maximum atomic E-state index is 5.41. The van der Waals surface area contributed by atoms with Crippen molar-refractivity contribution in [3.63, 3.8) is 0 Å². The Morgan fingerprint density at radius 2 is 1.94 bits per heavy atom. The van der Waals surface area contributed by atoms with Crippen LogP contribution in [0.3, 0.4) is 0 Å². The molecule has 0 aliphatic heterocycles. The first-order valence-corrected chi connectivity index (χ1v) is 6.31. The minimum absolute atomic E-state index is 0.684. The molecule has 0 saturated carbocycles. The second kappa shape index (κ2) is 5.19. The average Bonchev–Trinajstić information content (AvgIpc) is 2.72. The Labute approximate surface area is 105 Å². The lowest BCUT2D eigenvalue weighted by Gasteiger charge is -2.02. The molecule has 3 nitrogen and oxygen atoms in total. The summed E-state index contributed by atoms with van der Waals surface area (Å²) in [4.78, 5) is 4.48. The van der Waals surface area contributed by atoms with Crippen molar-refractivity contribution in [3.05, 3.63) is 30.0 Å². The third-order valence-electron chi connectivity index (χ3n) is 2.35. The molecule has 1 heterocycles. The number of aromatic nitrogens is 1. The summed E-state index contributed by atoms with van der Waals surface area (Å²) in [5.74, 6) is 0.886. The molecule has 0 unspecified atom stereocenters. The summed E-state index contributed by atoms with van der Waals surface area (Å²) in [5, 5.41) is 1.84. The summed E-state index contributed by atoms with van der Waals surface area (Å²) in [6, 6.07) is 7.95. The van der Waals surface area contributed by atoms with Crippen LogP contribution in [0, 0.1) is 6.92 Å². The first kappa shape index (κ1) is 11.9. The number of hydrogen-bond acceptors (Lipinski definition) is 4. The van der Waals surface area contributed by atoms with E-state index in [9.17, 15) is 0 Å². The Morgan fingerprint density at radius 1 is 1.24 bits per heavy atom. The smallest absolute Gasteiger partial charge is 0.197 e. The zero-order chi connectivity index (χ0) is 12.3. The fraction of sp³-hybridized carbons (Fsp3) is 0.308. The van der Waals surface area contributed by atoms with Crippen LogP contribution in [0.25, 0.3) is 10.6 Å². The van der Waals surface area contributed by atoms with Crippen molar-refractivity contribution in [1.82, 2.24) is 4.98 Å². The van der Waals surface area contributed by atoms with Gasteiger partial charge in [-0.15, -0.1) is 0 Å². The lowest BCUT2D eigenvalue weighted by Crippen LogP contribution is -1.90. The second-order valence-electron chi connectivity index (χ2n) is 3.55. The number of hydrogen-bond donors (Lipinski definition) is 0. The number of aryl methyl sites for hydroxylation is 1. The number of rotatable bonds is 4. The molecule has 17 heavy (non-hydrogen) atoms. The molecule has 0 radical (unpaired) electrons. The van der Waals surface area contributed by atoms with Crippen LogP contribution in [0.2, 0.25) is 0 Å². The highest BCUT2D eigenvalue weighted by Gasteiger charge is 2.09. The van der Waals surface area contributed by atoms with Gasteiger partial charge in [0.05, 0.1) is 19.4 Å². The van der Waals surface area contributed by atoms with Gasteiger partial charge < -0.3 is 9.47 Å². The van der Waals surface area contributed by atoms with Crippen LogP contribution in [0.5, 0.6) is 10.8 Å². The van der Waals surface area contributed by atoms with Crippen LogP contribution in [0.15, 0.2) is 24.3 Å². The second-order valence-corrected chi connectivity index (χ2v) is 4.52. The fourth-order valence-corrected chi connectivity index (χ4v) is 2.44. The first-order chi connectivity index (χ1) is 8.24. The molecule has 0 N–H and O–H groups in total. The molecule has 0 fully saturated rings. The lowest BCUT2D eigenvalue weighted by atomic mass is 10.2. The van der Waals surface area contributed by atoms with Crippen LogP contribution < -0.4 is 9.47 Å². The lowest BCUT2D eigenvalue weighted by molar-refractivity contribution is 0.340. The van der Waals surface area contributed by atoms with E-state index >= 15 is 0 Å². The third-order valence-corrected chi connectivity index (χ3v) is 3.52.